The third-order valence-electron chi connectivity index (χ3n) is 10.3. The second-order valence-electron chi connectivity index (χ2n) is 17.1. The molecule has 0 aromatic carbocycles. The Bertz CT molecular complexity index is 969. The maximum absolute atomic E-state index is 12.7. The van der Waals surface area contributed by atoms with Crippen molar-refractivity contribution < 1.29 is 42.1 Å². The third kappa shape index (κ3) is 42.4. The average Bonchev–Trinajstić information content (AvgIpc) is 3.15. The lowest BCUT2D eigenvalue weighted by atomic mass is 10.0. The van der Waals surface area contributed by atoms with E-state index in [1.165, 1.54) is 148 Å². The fourth-order valence-corrected chi connectivity index (χ4v) is 7.32. The number of ether oxygens (including phenoxy) is 2. The highest BCUT2D eigenvalue weighted by Gasteiger charge is 2.21. The minimum Gasteiger partial charge on any atom is -0.756 e. The summed E-state index contributed by atoms with van der Waals surface area (Å²) in [6, 6.07) is 0. The SMILES string of the molecule is CCCCCCCC/C=C/CCCCCCCCCC(=O)OC[C@H](COP(=O)([O-])OCC[N+](C)(C)C)OC(=O)CCCCCCCCCCCCCCCCC. The summed E-state index contributed by atoms with van der Waals surface area (Å²) < 4.78 is 34.0. The molecule has 0 aliphatic heterocycles. The smallest absolute Gasteiger partial charge is 0.306 e. The molecule has 0 fully saturated rings. The van der Waals surface area contributed by atoms with Gasteiger partial charge in [-0.2, -0.15) is 0 Å². The Labute approximate surface area is 346 Å². The van der Waals surface area contributed by atoms with Gasteiger partial charge in [0.1, 0.15) is 19.8 Å². The van der Waals surface area contributed by atoms with Gasteiger partial charge < -0.3 is 27.9 Å². The molecule has 0 spiro atoms. The molecule has 0 saturated carbocycles. The number of hydrogen-bond acceptors (Lipinski definition) is 8. The number of phosphoric ester groups is 1. The molecule has 0 rings (SSSR count). The van der Waals surface area contributed by atoms with Crippen LogP contribution in [0.2, 0.25) is 0 Å². The Kier molecular flexibility index (Phi) is 38.3. The molecule has 2 atom stereocenters. The summed E-state index contributed by atoms with van der Waals surface area (Å²) >= 11 is 0. The molecular formula is C46H90NO8P. The van der Waals surface area contributed by atoms with Crippen LogP contribution in [-0.4, -0.2) is 70.0 Å². The van der Waals surface area contributed by atoms with E-state index in [4.69, 9.17) is 18.5 Å². The molecular weight excluding hydrogens is 725 g/mol. The number of carbonyl (C=O) groups excluding carboxylic acids is 2. The molecule has 0 saturated heterocycles. The quantitative estimate of drug-likeness (QED) is 0.0197. The van der Waals surface area contributed by atoms with Gasteiger partial charge in [0, 0.05) is 12.8 Å². The monoisotopic (exact) mass is 816 g/mol. The van der Waals surface area contributed by atoms with Gasteiger partial charge in [-0.3, -0.25) is 14.2 Å². The predicted molar refractivity (Wildman–Crippen MR) is 231 cm³/mol. The number of quaternary nitrogens is 1. The van der Waals surface area contributed by atoms with Crippen LogP contribution in [0, 0.1) is 0 Å². The number of unbranched alkanes of at least 4 members (excludes halogenated alkanes) is 27. The average molecular weight is 816 g/mol. The van der Waals surface area contributed by atoms with Gasteiger partial charge in [0.15, 0.2) is 6.10 Å². The molecule has 56 heavy (non-hydrogen) atoms. The molecule has 0 heterocycles. The fourth-order valence-electron chi connectivity index (χ4n) is 6.59. The topological polar surface area (TPSA) is 111 Å². The summed E-state index contributed by atoms with van der Waals surface area (Å²) in [5, 5.41) is 0. The van der Waals surface area contributed by atoms with Crippen LogP contribution >= 0.6 is 7.82 Å². The molecule has 0 aromatic heterocycles. The van der Waals surface area contributed by atoms with Crippen molar-refractivity contribution in [3.05, 3.63) is 12.2 Å². The number of esters is 2. The second kappa shape index (κ2) is 39.2. The van der Waals surface area contributed by atoms with E-state index in [2.05, 4.69) is 26.0 Å². The molecule has 10 heteroatoms. The minimum atomic E-state index is -4.62. The molecule has 0 aliphatic rings. The highest BCUT2D eigenvalue weighted by Crippen LogP contribution is 2.38. The van der Waals surface area contributed by atoms with Gasteiger partial charge in [0.05, 0.1) is 27.7 Å². The Hall–Kier alpha value is -1.25. The van der Waals surface area contributed by atoms with Crippen molar-refractivity contribution in [1.29, 1.82) is 0 Å². The number of hydrogen-bond donors (Lipinski definition) is 0. The van der Waals surface area contributed by atoms with Crippen LogP contribution in [0.3, 0.4) is 0 Å². The maximum Gasteiger partial charge on any atom is 0.306 e. The van der Waals surface area contributed by atoms with E-state index in [9.17, 15) is 19.0 Å². The summed E-state index contributed by atoms with van der Waals surface area (Å²) in [7, 11) is 1.17. The minimum absolute atomic E-state index is 0.0282. The van der Waals surface area contributed by atoms with Crippen molar-refractivity contribution >= 4 is 19.8 Å². The third-order valence-corrected chi connectivity index (χ3v) is 11.2. The molecule has 0 aromatic rings. The van der Waals surface area contributed by atoms with E-state index < -0.39 is 26.5 Å². The zero-order valence-corrected chi connectivity index (χ0v) is 38.2. The van der Waals surface area contributed by atoms with Gasteiger partial charge >= 0.3 is 11.9 Å². The van der Waals surface area contributed by atoms with Crippen LogP contribution in [0.4, 0.5) is 0 Å². The molecule has 0 amide bonds. The molecule has 9 nitrogen and oxygen atoms in total. The van der Waals surface area contributed by atoms with Gasteiger partial charge in [-0.1, -0.05) is 180 Å². The summed E-state index contributed by atoms with van der Waals surface area (Å²) in [6.45, 7) is 4.25. The van der Waals surface area contributed by atoms with Crippen LogP contribution in [0.5, 0.6) is 0 Å². The van der Waals surface area contributed by atoms with Gasteiger partial charge in [-0.15, -0.1) is 0 Å². The van der Waals surface area contributed by atoms with Crippen molar-refractivity contribution in [1.82, 2.24) is 0 Å². The van der Waals surface area contributed by atoms with E-state index in [1.807, 2.05) is 21.1 Å². The first-order valence-corrected chi connectivity index (χ1v) is 24.9. The first-order chi connectivity index (χ1) is 27.0. The molecule has 332 valence electrons. The number of allylic oxidation sites excluding steroid dienone is 2. The first kappa shape index (κ1) is 54.8. The Morgan fingerprint density at radius 3 is 1.32 bits per heavy atom. The van der Waals surface area contributed by atoms with Crippen molar-refractivity contribution in [3.8, 4) is 0 Å². The summed E-state index contributed by atoms with van der Waals surface area (Å²) in [5.74, 6) is -0.828. The maximum atomic E-state index is 12.7. The Morgan fingerprint density at radius 2 is 0.911 bits per heavy atom. The van der Waals surface area contributed by atoms with Crippen molar-refractivity contribution in [2.24, 2.45) is 0 Å². The molecule has 0 bridgehead atoms. The van der Waals surface area contributed by atoms with E-state index in [0.717, 1.165) is 38.5 Å². The number of nitrogens with zero attached hydrogens (tertiary/aromatic N) is 1. The second-order valence-corrected chi connectivity index (χ2v) is 18.5. The van der Waals surface area contributed by atoms with E-state index in [-0.39, 0.29) is 32.0 Å². The van der Waals surface area contributed by atoms with Crippen LogP contribution in [0.25, 0.3) is 0 Å². The molecule has 0 N–H and O–H groups in total. The van der Waals surface area contributed by atoms with Crippen LogP contribution in [0.15, 0.2) is 12.2 Å². The van der Waals surface area contributed by atoms with E-state index in [0.29, 0.717) is 17.4 Å². The number of rotatable bonds is 43. The lowest BCUT2D eigenvalue weighted by molar-refractivity contribution is -0.870. The summed E-state index contributed by atoms with van der Waals surface area (Å²) in [5.41, 5.74) is 0. The molecule has 0 radical (unpaired) electrons. The number of likely N-dealkylation sites (N-methyl/N-ethyl adjacent to an activating group) is 1. The zero-order valence-electron chi connectivity index (χ0n) is 37.3. The van der Waals surface area contributed by atoms with Gasteiger partial charge in [-0.25, -0.2) is 0 Å². The normalized spacial score (nSPS) is 13.6. The lowest BCUT2D eigenvalue weighted by Gasteiger charge is -2.28. The van der Waals surface area contributed by atoms with E-state index >= 15 is 0 Å². The van der Waals surface area contributed by atoms with Crippen molar-refractivity contribution in [2.75, 3.05) is 47.5 Å². The standard InChI is InChI=1S/C46H90NO8P/c1-6-8-10-12-14-16-18-20-22-23-25-26-28-30-32-34-36-38-45(48)52-42-44(43-54-56(50,51)53-41-40-47(3,4)5)55-46(49)39-37-35-33-31-29-27-24-21-19-17-15-13-11-9-7-2/h20,22,44H,6-19,21,23-43H2,1-5H3/b22-20+/t44-/m1/s1. The summed E-state index contributed by atoms with van der Waals surface area (Å²) in [4.78, 5) is 37.6. The summed E-state index contributed by atoms with van der Waals surface area (Å²) in [6.07, 6.45) is 40.9. The van der Waals surface area contributed by atoms with Crippen LogP contribution in [-0.2, 0) is 32.7 Å². The molecule has 0 aliphatic carbocycles. The largest absolute Gasteiger partial charge is 0.756 e. The predicted octanol–water partition coefficient (Wildman–Crippen LogP) is 12.7. The zero-order chi connectivity index (χ0) is 41.4. The van der Waals surface area contributed by atoms with Crippen LogP contribution in [0.1, 0.15) is 219 Å². The lowest BCUT2D eigenvalue weighted by Crippen LogP contribution is -2.37. The van der Waals surface area contributed by atoms with Crippen molar-refractivity contribution in [3.63, 3.8) is 0 Å². The van der Waals surface area contributed by atoms with Gasteiger partial charge in [0.2, 0.25) is 0 Å². The number of carbonyl (C=O) groups is 2. The van der Waals surface area contributed by atoms with Crippen LogP contribution < -0.4 is 4.89 Å². The Balaban J connectivity index is 4.29. The van der Waals surface area contributed by atoms with Crippen molar-refractivity contribution in [2.45, 2.75) is 225 Å². The number of phosphoric acid groups is 1. The highest BCUT2D eigenvalue weighted by molar-refractivity contribution is 7.45. The van der Waals surface area contributed by atoms with E-state index in [1.54, 1.807) is 0 Å². The molecule has 1 unspecified atom stereocenters. The first-order valence-electron chi connectivity index (χ1n) is 23.4. The Morgan fingerprint density at radius 1 is 0.536 bits per heavy atom. The fraction of sp³-hybridized carbons (Fsp3) is 0.913. The van der Waals surface area contributed by atoms with Gasteiger partial charge in [-0.05, 0) is 38.5 Å². The highest BCUT2D eigenvalue weighted by atomic mass is 31.2. The van der Waals surface area contributed by atoms with Gasteiger partial charge in [0.25, 0.3) is 7.82 Å².